The molecule has 0 saturated carbocycles. The molecule has 1 heterocycles. The number of furan rings is 1. The van der Waals surface area contributed by atoms with Crippen molar-refractivity contribution in [3.63, 3.8) is 0 Å². The first-order valence-electron chi connectivity index (χ1n) is 8.67. The van der Waals surface area contributed by atoms with Gasteiger partial charge in [-0.05, 0) is 43.7 Å². The zero-order valence-corrected chi connectivity index (χ0v) is 15.2. The highest BCUT2D eigenvalue weighted by Gasteiger charge is 2.14. The lowest BCUT2D eigenvalue weighted by molar-refractivity contribution is -0.121. The molecule has 5 nitrogen and oxygen atoms in total. The molecule has 1 N–H and O–H groups in total. The topological polar surface area (TPSA) is 60.7 Å². The van der Waals surface area contributed by atoms with E-state index in [1.54, 1.807) is 13.4 Å². The molecule has 0 radical (unpaired) electrons. The van der Waals surface area contributed by atoms with Gasteiger partial charge in [-0.3, -0.25) is 4.79 Å². The van der Waals surface area contributed by atoms with E-state index in [-0.39, 0.29) is 18.4 Å². The van der Waals surface area contributed by atoms with Gasteiger partial charge in [0.05, 0.1) is 32.4 Å². The van der Waals surface area contributed by atoms with Gasteiger partial charge in [0.1, 0.15) is 17.1 Å². The number of hydrogen-bond donors (Lipinski definition) is 1. The summed E-state index contributed by atoms with van der Waals surface area (Å²) in [5.41, 5.74) is 2.61. The molecule has 0 bridgehead atoms. The first-order chi connectivity index (χ1) is 12.6. The van der Waals surface area contributed by atoms with Crippen LogP contribution in [0.5, 0.6) is 11.5 Å². The van der Waals surface area contributed by atoms with Crippen molar-refractivity contribution in [2.45, 2.75) is 26.3 Å². The number of methoxy groups -OCH3 is 1. The average molecular weight is 353 g/mol. The third-order valence-corrected chi connectivity index (χ3v) is 4.28. The van der Waals surface area contributed by atoms with Crippen molar-refractivity contribution in [2.24, 2.45) is 0 Å². The van der Waals surface area contributed by atoms with Crippen LogP contribution in [0.4, 0.5) is 0 Å². The molecule has 5 heteroatoms. The zero-order valence-electron chi connectivity index (χ0n) is 15.2. The fourth-order valence-electron chi connectivity index (χ4n) is 2.90. The van der Waals surface area contributed by atoms with Gasteiger partial charge in [0.25, 0.3) is 0 Å². The third kappa shape index (κ3) is 3.99. The molecule has 3 aromatic rings. The van der Waals surface area contributed by atoms with Crippen LogP contribution in [0.1, 0.15) is 31.0 Å². The lowest BCUT2D eigenvalue weighted by atomic mass is 10.1. The van der Waals surface area contributed by atoms with Gasteiger partial charge < -0.3 is 19.2 Å². The quantitative estimate of drug-likeness (QED) is 0.689. The molecular weight excluding hydrogens is 330 g/mol. The van der Waals surface area contributed by atoms with Crippen LogP contribution in [0, 0.1) is 0 Å². The number of fused-ring (bicyclic) bond motifs is 1. The number of amides is 1. The lowest BCUT2D eigenvalue weighted by Crippen LogP contribution is -2.28. The van der Waals surface area contributed by atoms with Crippen LogP contribution < -0.4 is 14.8 Å². The highest BCUT2D eigenvalue weighted by atomic mass is 16.5. The minimum atomic E-state index is -0.0866. The summed E-state index contributed by atoms with van der Waals surface area (Å²) < 4.78 is 16.2. The highest BCUT2D eigenvalue weighted by molar-refractivity contribution is 5.88. The Morgan fingerprint density at radius 2 is 1.88 bits per heavy atom. The Morgan fingerprint density at radius 1 is 1.15 bits per heavy atom. The maximum absolute atomic E-state index is 12.4. The SMILES string of the molecule is CCOc1ccc(C(C)NC(=O)Cc2coc3cc(OC)ccc23)cc1. The summed E-state index contributed by atoms with van der Waals surface area (Å²) in [5, 5.41) is 3.95. The molecule has 3 rings (SSSR count). The Kier molecular flexibility index (Phi) is 5.46. The van der Waals surface area contributed by atoms with Crippen LogP contribution in [0.25, 0.3) is 11.0 Å². The van der Waals surface area contributed by atoms with Gasteiger partial charge in [-0.15, -0.1) is 0 Å². The minimum Gasteiger partial charge on any atom is -0.497 e. The maximum Gasteiger partial charge on any atom is 0.225 e. The second-order valence-electron chi connectivity index (χ2n) is 6.09. The lowest BCUT2D eigenvalue weighted by Gasteiger charge is -2.15. The molecule has 2 aromatic carbocycles. The highest BCUT2D eigenvalue weighted by Crippen LogP contribution is 2.26. The average Bonchev–Trinajstić information content (AvgIpc) is 3.04. The number of nitrogens with one attached hydrogen (secondary N) is 1. The van der Waals surface area contributed by atoms with Gasteiger partial charge in [-0.1, -0.05) is 12.1 Å². The molecule has 0 fully saturated rings. The molecule has 0 spiro atoms. The molecule has 1 aromatic heterocycles. The Balaban J connectivity index is 1.64. The number of benzene rings is 2. The standard InChI is InChI=1S/C21H23NO4/c1-4-25-17-7-5-15(6-8-17)14(2)22-21(23)11-16-13-26-20-12-18(24-3)9-10-19(16)20/h5-10,12-14H,4,11H2,1-3H3,(H,22,23). The predicted molar refractivity (Wildman–Crippen MR) is 101 cm³/mol. The number of carbonyl (C=O) groups excluding carboxylic acids is 1. The third-order valence-electron chi connectivity index (χ3n) is 4.28. The normalized spacial score (nSPS) is 12.0. The summed E-state index contributed by atoms with van der Waals surface area (Å²) in [5.74, 6) is 1.51. The Hall–Kier alpha value is -2.95. The molecule has 0 aliphatic carbocycles. The molecule has 0 aliphatic heterocycles. The van der Waals surface area contributed by atoms with Crippen molar-refractivity contribution in [1.29, 1.82) is 0 Å². The van der Waals surface area contributed by atoms with Crippen molar-refractivity contribution in [1.82, 2.24) is 5.32 Å². The summed E-state index contributed by atoms with van der Waals surface area (Å²) >= 11 is 0. The number of ether oxygens (including phenoxy) is 2. The molecule has 0 aliphatic rings. The summed E-state index contributed by atoms with van der Waals surface area (Å²) in [6.45, 7) is 4.55. The predicted octanol–water partition coefficient (Wildman–Crippen LogP) is 4.26. The summed E-state index contributed by atoms with van der Waals surface area (Å²) in [6.07, 6.45) is 1.89. The van der Waals surface area contributed by atoms with E-state index in [1.165, 1.54) is 0 Å². The van der Waals surface area contributed by atoms with E-state index in [4.69, 9.17) is 13.9 Å². The monoisotopic (exact) mass is 353 g/mol. The molecule has 26 heavy (non-hydrogen) atoms. The van der Waals surface area contributed by atoms with Gasteiger partial charge in [0, 0.05) is 17.0 Å². The van der Waals surface area contributed by atoms with Crippen LogP contribution in [0.15, 0.2) is 53.1 Å². The smallest absolute Gasteiger partial charge is 0.225 e. The molecule has 136 valence electrons. The molecule has 1 amide bonds. The summed E-state index contributed by atoms with van der Waals surface area (Å²) in [4.78, 5) is 12.4. The van der Waals surface area contributed by atoms with Crippen molar-refractivity contribution < 1.29 is 18.7 Å². The Bertz CT molecular complexity index is 883. The van der Waals surface area contributed by atoms with Crippen LogP contribution in [-0.2, 0) is 11.2 Å². The van der Waals surface area contributed by atoms with Gasteiger partial charge in [-0.25, -0.2) is 0 Å². The van der Waals surface area contributed by atoms with Crippen LogP contribution >= 0.6 is 0 Å². The van der Waals surface area contributed by atoms with Crippen molar-refractivity contribution in [3.05, 3.63) is 59.9 Å². The Labute approximate surface area is 152 Å². The van der Waals surface area contributed by atoms with E-state index < -0.39 is 0 Å². The number of rotatable bonds is 7. The summed E-state index contributed by atoms with van der Waals surface area (Å²) in [7, 11) is 1.61. The Morgan fingerprint density at radius 3 is 2.58 bits per heavy atom. The van der Waals surface area contributed by atoms with E-state index in [9.17, 15) is 4.79 Å². The fourth-order valence-corrected chi connectivity index (χ4v) is 2.90. The maximum atomic E-state index is 12.4. The minimum absolute atomic E-state index is 0.0510. The van der Waals surface area contributed by atoms with Crippen molar-refractivity contribution in [3.8, 4) is 11.5 Å². The van der Waals surface area contributed by atoms with E-state index in [0.717, 1.165) is 28.0 Å². The number of hydrogen-bond acceptors (Lipinski definition) is 4. The number of carbonyl (C=O) groups is 1. The van der Waals surface area contributed by atoms with Crippen LogP contribution in [0.2, 0.25) is 0 Å². The van der Waals surface area contributed by atoms with E-state index >= 15 is 0 Å². The second-order valence-corrected chi connectivity index (χ2v) is 6.09. The molecule has 0 saturated heterocycles. The van der Waals surface area contributed by atoms with E-state index in [2.05, 4.69) is 5.32 Å². The van der Waals surface area contributed by atoms with Crippen LogP contribution in [0.3, 0.4) is 0 Å². The largest absolute Gasteiger partial charge is 0.497 e. The van der Waals surface area contributed by atoms with Crippen molar-refractivity contribution >= 4 is 16.9 Å². The first kappa shape index (κ1) is 17.9. The molecule has 1 unspecified atom stereocenters. The van der Waals surface area contributed by atoms with E-state index in [0.29, 0.717) is 12.2 Å². The van der Waals surface area contributed by atoms with Gasteiger partial charge in [0.15, 0.2) is 0 Å². The van der Waals surface area contributed by atoms with Gasteiger partial charge in [0.2, 0.25) is 5.91 Å². The second kappa shape index (κ2) is 7.95. The summed E-state index contributed by atoms with van der Waals surface area (Å²) in [6, 6.07) is 13.3. The molecular formula is C21H23NO4. The van der Waals surface area contributed by atoms with Gasteiger partial charge >= 0.3 is 0 Å². The van der Waals surface area contributed by atoms with Crippen LogP contribution in [-0.4, -0.2) is 19.6 Å². The fraction of sp³-hybridized carbons (Fsp3) is 0.286. The molecule has 1 atom stereocenters. The first-order valence-corrected chi connectivity index (χ1v) is 8.67. The zero-order chi connectivity index (χ0) is 18.5. The van der Waals surface area contributed by atoms with E-state index in [1.807, 2.05) is 56.3 Å². The van der Waals surface area contributed by atoms with Crippen molar-refractivity contribution in [2.75, 3.05) is 13.7 Å². The van der Waals surface area contributed by atoms with Gasteiger partial charge in [-0.2, -0.15) is 0 Å².